The van der Waals surface area contributed by atoms with Gasteiger partial charge in [0, 0.05) is 23.9 Å². The minimum atomic E-state index is -0.536. The molecule has 1 N–H and O–H groups in total. The summed E-state index contributed by atoms with van der Waals surface area (Å²) in [6.45, 7) is 6.55. The highest BCUT2D eigenvalue weighted by Crippen LogP contribution is 2.29. The summed E-state index contributed by atoms with van der Waals surface area (Å²) in [5.74, 6) is 0.299. The summed E-state index contributed by atoms with van der Waals surface area (Å²) in [5, 5.41) is 18.3. The first kappa shape index (κ1) is 21.4. The second-order valence-electron chi connectivity index (χ2n) is 6.62. The van der Waals surface area contributed by atoms with Gasteiger partial charge in [0.1, 0.15) is 18.1 Å². The van der Waals surface area contributed by atoms with Crippen LogP contribution in [-0.2, 0) is 13.2 Å². The largest absolute Gasteiger partial charge is 0.484 e. The van der Waals surface area contributed by atoms with Crippen LogP contribution in [-0.4, -0.2) is 20.6 Å². The second kappa shape index (κ2) is 9.00. The molecule has 2 aromatic heterocycles. The van der Waals surface area contributed by atoms with Crippen molar-refractivity contribution in [1.82, 2.24) is 15.1 Å². The minimum absolute atomic E-state index is 0.0356. The molecule has 0 radical (unpaired) electrons. The van der Waals surface area contributed by atoms with E-state index < -0.39 is 4.92 Å². The first-order valence-corrected chi connectivity index (χ1v) is 9.66. The second-order valence-corrected chi connectivity index (χ2v) is 7.03. The average molecular weight is 433 g/mol. The van der Waals surface area contributed by atoms with Gasteiger partial charge in [-0.1, -0.05) is 11.6 Å². The van der Waals surface area contributed by atoms with Gasteiger partial charge in [0.25, 0.3) is 11.6 Å². The number of nitrogens with one attached hydrogen (secondary N) is 1. The molecule has 158 valence electrons. The van der Waals surface area contributed by atoms with Crippen molar-refractivity contribution in [3.05, 3.63) is 74.4 Å². The smallest absolute Gasteiger partial charge is 0.287 e. The van der Waals surface area contributed by atoms with E-state index in [1.165, 1.54) is 24.3 Å². The Kier molecular flexibility index (Phi) is 6.41. The Balaban J connectivity index is 1.63. The number of halogens is 1. The van der Waals surface area contributed by atoms with Crippen LogP contribution in [0.15, 0.2) is 40.9 Å². The van der Waals surface area contributed by atoms with Crippen LogP contribution in [0.4, 0.5) is 5.69 Å². The normalized spacial score (nSPS) is 11.9. The monoisotopic (exact) mass is 432 g/mol. The molecule has 2 heterocycles. The molecule has 0 saturated heterocycles. The lowest BCUT2D eigenvalue weighted by Crippen LogP contribution is -2.26. The lowest BCUT2D eigenvalue weighted by Gasteiger charge is -2.13. The van der Waals surface area contributed by atoms with E-state index in [9.17, 15) is 14.9 Å². The van der Waals surface area contributed by atoms with Gasteiger partial charge in [-0.05, 0) is 39.0 Å². The van der Waals surface area contributed by atoms with Gasteiger partial charge in [0.2, 0.25) is 0 Å². The Hall–Kier alpha value is -3.33. The van der Waals surface area contributed by atoms with Gasteiger partial charge < -0.3 is 14.5 Å². The van der Waals surface area contributed by atoms with Gasteiger partial charge in [-0.2, -0.15) is 5.10 Å². The van der Waals surface area contributed by atoms with Crippen LogP contribution in [0.1, 0.15) is 47.5 Å². The maximum Gasteiger partial charge on any atom is 0.287 e. The predicted molar refractivity (Wildman–Crippen MR) is 110 cm³/mol. The molecule has 0 fully saturated rings. The van der Waals surface area contributed by atoms with E-state index in [4.69, 9.17) is 20.8 Å². The lowest BCUT2D eigenvalue weighted by atomic mass is 10.1. The predicted octanol–water partition coefficient (Wildman–Crippen LogP) is 4.44. The molecule has 0 aliphatic heterocycles. The van der Waals surface area contributed by atoms with E-state index in [0.717, 1.165) is 17.8 Å². The molecule has 1 aromatic carbocycles. The standard InChI is InChI=1S/C20H21ClN4O5/c1-4-24-13(3)16(10-22-24)12(2)23-20(26)18-8-6-15(30-18)11-29-19-9-14(25(27)28)5-7-17(19)21/h5-10,12H,4,11H2,1-3H3,(H,23,26). The number of benzene rings is 1. The quantitative estimate of drug-likeness (QED) is 0.416. The van der Waals surface area contributed by atoms with Crippen molar-refractivity contribution < 1.29 is 18.9 Å². The summed E-state index contributed by atoms with van der Waals surface area (Å²) in [6, 6.07) is 6.81. The molecular weight excluding hydrogens is 412 g/mol. The van der Waals surface area contributed by atoms with Gasteiger partial charge in [0.05, 0.1) is 28.3 Å². The molecule has 0 spiro atoms. The molecule has 9 nitrogen and oxygen atoms in total. The third-order valence-corrected chi connectivity index (χ3v) is 4.95. The fourth-order valence-electron chi connectivity index (χ4n) is 2.99. The van der Waals surface area contributed by atoms with Crippen LogP contribution >= 0.6 is 11.6 Å². The third-order valence-electron chi connectivity index (χ3n) is 4.64. The lowest BCUT2D eigenvalue weighted by molar-refractivity contribution is -0.384. The maximum atomic E-state index is 12.5. The van der Waals surface area contributed by atoms with Gasteiger partial charge in [-0.25, -0.2) is 0 Å². The maximum absolute atomic E-state index is 12.5. The SMILES string of the molecule is CCn1ncc(C(C)NC(=O)c2ccc(COc3cc([N+](=O)[O-])ccc3Cl)o2)c1C. The van der Waals surface area contributed by atoms with Crippen LogP contribution in [0.3, 0.4) is 0 Å². The number of hydrogen-bond donors (Lipinski definition) is 1. The Labute approximate surface area is 177 Å². The number of ether oxygens (including phenoxy) is 1. The molecule has 0 aliphatic carbocycles. The summed E-state index contributed by atoms with van der Waals surface area (Å²) < 4.78 is 12.9. The zero-order chi connectivity index (χ0) is 21.8. The van der Waals surface area contributed by atoms with E-state index in [1.807, 2.05) is 25.5 Å². The molecule has 3 rings (SSSR count). The number of aromatic nitrogens is 2. The molecule has 10 heteroatoms. The Morgan fingerprint density at radius 2 is 2.17 bits per heavy atom. The molecule has 1 amide bonds. The Morgan fingerprint density at radius 3 is 2.83 bits per heavy atom. The summed E-state index contributed by atoms with van der Waals surface area (Å²) in [6.07, 6.45) is 1.74. The highest BCUT2D eigenvalue weighted by Gasteiger charge is 2.19. The Morgan fingerprint density at radius 1 is 1.40 bits per heavy atom. The molecule has 1 unspecified atom stereocenters. The number of furan rings is 1. The number of nitro benzene ring substituents is 1. The van der Waals surface area contributed by atoms with Crippen molar-refractivity contribution in [3.63, 3.8) is 0 Å². The highest BCUT2D eigenvalue weighted by atomic mass is 35.5. The molecule has 0 saturated carbocycles. The van der Waals surface area contributed by atoms with E-state index in [0.29, 0.717) is 5.76 Å². The summed E-state index contributed by atoms with van der Waals surface area (Å²) >= 11 is 6.01. The number of nitro groups is 1. The van der Waals surface area contributed by atoms with E-state index in [-0.39, 0.29) is 40.8 Å². The summed E-state index contributed by atoms with van der Waals surface area (Å²) in [4.78, 5) is 22.9. The van der Waals surface area contributed by atoms with Crippen molar-refractivity contribution >= 4 is 23.2 Å². The van der Waals surface area contributed by atoms with Crippen molar-refractivity contribution in [2.24, 2.45) is 0 Å². The minimum Gasteiger partial charge on any atom is -0.484 e. The van der Waals surface area contributed by atoms with Crippen LogP contribution in [0.2, 0.25) is 5.02 Å². The first-order chi connectivity index (χ1) is 14.3. The first-order valence-electron chi connectivity index (χ1n) is 9.28. The van der Waals surface area contributed by atoms with Crippen LogP contribution in [0.5, 0.6) is 5.75 Å². The molecule has 1 atom stereocenters. The van der Waals surface area contributed by atoms with Crippen LogP contribution in [0.25, 0.3) is 0 Å². The number of non-ortho nitro benzene ring substituents is 1. The van der Waals surface area contributed by atoms with Gasteiger partial charge in [0.15, 0.2) is 5.76 Å². The highest BCUT2D eigenvalue weighted by molar-refractivity contribution is 6.32. The van der Waals surface area contributed by atoms with Crippen molar-refractivity contribution in [1.29, 1.82) is 0 Å². The number of aryl methyl sites for hydroxylation is 1. The molecule has 0 bridgehead atoms. The molecule has 30 heavy (non-hydrogen) atoms. The van der Waals surface area contributed by atoms with Crippen molar-refractivity contribution in [3.8, 4) is 5.75 Å². The zero-order valence-corrected chi connectivity index (χ0v) is 17.5. The van der Waals surface area contributed by atoms with Gasteiger partial charge in [-0.15, -0.1) is 0 Å². The number of carbonyl (C=O) groups is 1. The number of rotatable bonds is 8. The van der Waals surface area contributed by atoms with E-state index >= 15 is 0 Å². The average Bonchev–Trinajstić information content (AvgIpc) is 3.33. The van der Waals surface area contributed by atoms with Crippen molar-refractivity contribution in [2.75, 3.05) is 0 Å². The van der Waals surface area contributed by atoms with Crippen LogP contribution in [0, 0.1) is 17.0 Å². The fourth-order valence-corrected chi connectivity index (χ4v) is 3.17. The number of nitrogens with zero attached hydrogens (tertiary/aromatic N) is 3. The molecule has 0 aliphatic rings. The van der Waals surface area contributed by atoms with Crippen LogP contribution < -0.4 is 10.1 Å². The van der Waals surface area contributed by atoms with Gasteiger partial charge in [-0.3, -0.25) is 19.6 Å². The summed E-state index contributed by atoms with van der Waals surface area (Å²) in [5.41, 5.74) is 1.79. The van der Waals surface area contributed by atoms with E-state index in [1.54, 1.807) is 12.3 Å². The topological polar surface area (TPSA) is 112 Å². The van der Waals surface area contributed by atoms with Gasteiger partial charge >= 0.3 is 0 Å². The van der Waals surface area contributed by atoms with E-state index in [2.05, 4.69) is 10.4 Å². The third kappa shape index (κ3) is 4.62. The fraction of sp³-hybridized carbons (Fsp3) is 0.300. The summed E-state index contributed by atoms with van der Waals surface area (Å²) in [7, 11) is 0. The number of hydrogen-bond acceptors (Lipinski definition) is 6. The Bertz CT molecular complexity index is 1080. The number of carbonyl (C=O) groups excluding carboxylic acids is 1. The molecule has 3 aromatic rings. The number of amides is 1. The zero-order valence-electron chi connectivity index (χ0n) is 16.7. The van der Waals surface area contributed by atoms with Crippen molar-refractivity contribution in [2.45, 2.75) is 40.0 Å². The molecular formula is C20H21ClN4O5.